The first-order valence-electron chi connectivity index (χ1n) is 23.9. The number of hydrogen-bond acceptors (Lipinski definition) is 2. The van der Waals surface area contributed by atoms with Crippen molar-refractivity contribution in [3.05, 3.63) is 243 Å². The minimum atomic E-state index is -0.141. The van der Waals surface area contributed by atoms with Gasteiger partial charge in [-0.05, 0) is 105 Å². The van der Waals surface area contributed by atoms with Gasteiger partial charge >= 0.3 is 0 Å². The van der Waals surface area contributed by atoms with Gasteiger partial charge in [0.1, 0.15) is 11.2 Å². The molecule has 0 aliphatic carbocycles. The third-order valence-corrected chi connectivity index (χ3v) is 12.9. The molecule has 0 bridgehead atoms. The fourth-order valence-electron chi connectivity index (χ4n) is 9.85. The predicted octanol–water partition coefficient (Wildman–Crippen LogP) is 17.5. The van der Waals surface area contributed by atoms with Gasteiger partial charge in [0.05, 0.1) is 27.9 Å². The molecule has 0 spiro atoms. The highest BCUT2D eigenvalue weighted by atomic mass is 16.3. The summed E-state index contributed by atoms with van der Waals surface area (Å²) in [7, 11) is 0. The molecule has 2 heterocycles. The highest BCUT2D eigenvalue weighted by molar-refractivity contribution is 6.16. The van der Waals surface area contributed by atoms with Gasteiger partial charge < -0.3 is 13.9 Å². The van der Waals surface area contributed by atoms with E-state index in [1.54, 1.807) is 0 Å². The largest absolute Gasteiger partial charge is 0.455 e. The fraction of sp³-hybridized carbons (Fsp3) is 0. The van der Waals surface area contributed by atoms with Crippen molar-refractivity contribution >= 4 is 82.4 Å². The summed E-state index contributed by atoms with van der Waals surface area (Å²) in [6.07, 6.45) is 0. The molecule has 304 valence electrons. The molecule has 0 saturated heterocycles. The smallest absolute Gasteiger partial charge is 0.143 e. The lowest BCUT2D eigenvalue weighted by atomic mass is 9.97. The van der Waals surface area contributed by atoms with E-state index in [0.29, 0.717) is 16.9 Å². The Morgan fingerprint density at radius 2 is 0.954 bits per heavy atom. The lowest BCUT2D eigenvalue weighted by Gasteiger charge is -2.28. The molecule has 3 heteroatoms. The molecule has 0 aliphatic rings. The molecule has 13 aromatic rings. The summed E-state index contributed by atoms with van der Waals surface area (Å²) in [6.45, 7) is 0. The van der Waals surface area contributed by atoms with Crippen LogP contribution in [0.1, 0.15) is 5.48 Å². The van der Waals surface area contributed by atoms with Crippen molar-refractivity contribution in [1.29, 1.82) is 0 Å². The molecule has 0 unspecified atom stereocenters. The Kier molecular flexibility index (Phi) is 7.61. The molecule has 0 radical (unpaired) electrons. The van der Waals surface area contributed by atoms with E-state index in [1.165, 1.54) is 10.8 Å². The number of anilines is 3. The number of benzene rings is 11. The Morgan fingerprint density at radius 1 is 0.369 bits per heavy atom. The molecule has 0 fully saturated rings. The van der Waals surface area contributed by atoms with Crippen molar-refractivity contribution in [3.8, 4) is 39.1 Å². The van der Waals surface area contributed by atoms with Crippen molar-refractivity contribution in [1.82, 2.24) is 4.57 Å². The van der Waals surface area contributed by atoms with Gasteiger partial charge in [0.15, 0.2) is 0 Å². The highest BCUT2D eigenvalue weighted by Gasteiger charge is 2.21. The van der Waals surface area contributed by atoms with Crippen LogP contribution in [0, 0.1) is 0 Å². The fourth-order valence-corrected chi connectivity index (χ4v) is 9.85. The highest BCUT2D eigenvalue weighted by Crippen LogP contribution is 2.45. The zero-order chi connectivity index (χ0) is 46.3. The lowest BCUT2D eigenvalue weighted by Crippen LogP contribution is -2.11. The van der Waals surface area contributed by atoms with Crippen molar-refractivity contribution < 1.29 is 9.90 Å². The van der Waals surface area contributed by atoms with Gasteiger partial charge in [-0.3, -0.25) is 0 Å². The summed E-state index contributed by atoms with van der Waals surface area (Å²) < 4.78 is 47.9. The number of aromatic nitrogens is 1. The van der Waals surface area contributed by atoms with Gasteiger partial charge in [0, 0.05) is 49.4 Å². The van der Waals surface area contributed by atoms with Gasteiger partial charge in [-0.2, -0.15) is 0 Å². The second-order valence-corrected chi connectivity index (χ2v) is 16.5. The zero-order valence-electron chi connectivity index (χ0n) is 39.1. The van der Waals surface area contributed by atoms with E-state index in [1.807, 2.05) is 95.9 Å². The number of fused-ring (bicyclic) bond motifs is 9. The Labute approximate surface area is 381 Å². The Balaban J connectivity index is 1.01. The molecule has 3 nitrogen and oxygen atoms in total. The summed E-state index contributed by atoms with van der Waals surface area (Å²) in [6, 6.07) is 73.6. The van der Waals surface area contributed by atoms with E-state index in [-0.39, 0.29) is 35.4 Å². The molecular weight excluding hydrogens is 789 g/mol. The molecular formula is C62H40N2O. The summed E-state index contributed by atoms with van der Waals surface area (Å²) >= 11 is 0. The maximum absolute atomic E-state index is 9.85. The Bertz CT molecular complexity index is 4120. The van der Waals surface area contributed by atoms with E-state index < -0.39 is 0 Å². The predicted molar refractivity (Wildman–Crippen MR) is 274 cm³/mol. The number of hydrogen-bond donors (Lipinski definition) is 0. The van der Waals surface area contributed by atoms with Crippen LogP contribution in [0.3, 0.4) is 0 Å². The third kappa shape index (κ3) is 6.05. The van der Waals surface area contributed by atoms with Gasteiger partial charge in [0.25, 0.3) is 0 Å². The first kappa shape index (κ1) is 33.0. The minimum Gasteiger partial charge on any atom is -0.455 e. The van der Waals surface area contributed by atoms with Crippen LogP contribution in [0.2, 0.25) is 0 Å². The molecule has 0 aliphatic heterocycles. The molecule has 0 saturated carbocycles. The van der Waals surface area contributed by atoms with Gasteiger partial charge in [-0.1, -0.05) is 176 Å². The van der Waals surface area contributed by atoms with Gasteiger partial charge in [0.2, 0.25) is 0 Å². The maximum atomic E-state index is 9.85. The van der Waals surface area contributed by atoms with E-state index in [0.717, 1.165) is 82.5 Å². The van der Waals surface area contributed by atoms with Crippen LogP contribution in [0.4, 0.5) is 17.1 Å². The summed E-state index contributed by atoms with van der Waals surface area (Å²) in [5.74, 6) is 0. The Morgan fingerprint density at radius 3 is 1.72 bits per heavy atom. The van der Waals surface area contributed by atoms with Crippen LogP contribution in [0.25, 0.3) is 104 Å². The first-order chi connectivity index (χ1) is 33.9. The monoisotopic (exact) mass is 832 g/mol. The average molecular weight is 833 g/mol. The maximum Gasteiger partial charge on any atom is 0.143 e. The molecule has 11 aromatic carbocycles. The van der Waals surface area contributed by atoms with E-state index in [2.05, 4.69) is 132 Å². The van der Waals surface area contributed by atoms with Crippen LogP contribution in [0.15, 0.2) is 247 Å². The zero-order valence-corrected chi connectivity index (χ0v) is 35.1. The summed E-state index contributed by atoms with van der Waals surface area (Å²) in [5.41, 5.74) is 11.2. The van der Waals surface area contributed by atoms with Gasteiger partial charge in [-0.15, -0.1) is 0 Å². The van der Waals surface area contributed by atoms with Crippen LogP contribution in [-0.2, 0) is 0 Å². The number of nitrogens with zero attached hydrogens (tertiary/aromatic N) is 2. The minimum absolute atomic E-state index is 0.111. The third-order valence-electron chi connectivity index (χ3n) is 12.9. The topological polar surface area (TPSA) is 21.3 Å². The van der Waals surface area contributed by atoms with Crippen LogP contribution in [0.5, 0.6) is 0 Å². The molecule has 2 aromatic heterocycles. The summed E-state index contributed by atoms with van der Waals surface area (Å²) in [5, 5.41) is 8.35. The van der Waals surface area contributed by atoms with Crippen LogP contribution in [-0.4, -0.2) is 4.57 Å². The second-order valence-electron chi connectivity index (χ2n) is 16.5. The molecule has 0 N–H and O–H groups in total. The first-order valence-corrected chi connectivity index (χ1v) is 21.9. The van der Waals surface area contributed by atoms with Crippen molar-refractivity contribution in [3.63, 3.8) is 0 Å². The normalized spacial score (nSPS) is 12.6. The standard InChI is InChI=1S/C62H40N2O/c1-3-17-48-41(14-1)16-13-23-49(48)43-28-34-46(35-29-43)63(57-24-9-6-19-51(57)45-33-39-61-56(40-45)55-38-32-42-15-2-4-20-52(42)62(55)65-61)47-36-30-44(31-37-47)50-18-5-10-25-58(50)64-59-26-11-7-21-53(59)54-22-8-12-27-60(54)64/h1-40H/i28D,29D,34D,35D. The lowest BCUT2D eigenvalue weighted by molar-refractivity contribution is 0.672. The van der Waals surface area contributed by atoms with Crippen LogP contribution >= 0.6 is 0 Å². The Hall–Kier alpha value is -8.66. The molecule has 13 rings (SSSR count). The number of rotatable bonds is 7. The van der Waals surface area contributed by atoms with E-state index >= 15 is 0 Å². The summed E-state index contributed by atoms with van der Waals surface area (Å²) in [4.78, 5) is 1.90. The molecule has 65 heavy (non-hydrogen) atoms. The molecule has 0 atom stereocenters. The molecule has 0 amide bonds. The number of para-hydroxylation sites is 4. The van der Waals surface area contributed by atoms with Gasteiger partial charge in [-0.25, -0.2) is 0 Å². The van der Waals surface area contributed by atoms with E-state index in [9.17, 15) is 5.48 Å². The van der Waals surface area contributed by atoms with E-state index in [4.69, 9.17) is 4.42 Å². The quantitative estimate of drug-likeness (QED) is 0.160. The van der Waals surface area contributed by atoms with Crippen molar-refractivity contribution in [2.75, 3.05) is 4.90 Å². The van der Waals surface area contributed by atoms with Crippen molar-refractivity contribution in [2.45, 2.75) is 0 Å². The second kappa shape index (κ2) is 15.0. The number of furan rings is 1. The SMILES string of the molecule is [2H]c1c([2H])c(N(c2ccc(-c3ccccc3-n3c4ccccc4c4ccccc43)cc2)c2ccccc2-c2ccc3oc4c5ccccc5ccc4c3c2)c([2H])c([2H])c1-c1cccc2ccccc12. The van der Waals surface area contributed by atoms with Crippen LogP contribution < -0.4 is 4.90 Å². The van der Waals surface area contributed by atoms with Crippen molar-refractivity contribution in [2.24, 2.45) is 0 Å². The average Bonchev–Trinajstić information content (AvgIpc) is 3.95.